The molecule has 0 aliphatic heterocycles. The first kappa shape index (κ1) is 19.1. The van der Waals surface area contributed by atoms with Crippen LogP contribution in [0.4, 0.5) is 8.78 Å². The number of aromatic nitrogens is 2. The first-order chi connectivity index (χ1) is 14.5. The van der Waals surface area contributed by atoms with Crippen molar-refractivity contribution in [2.45, 2.75) is 0 Å². The molecule has 0 aliphatic rings. The molecule has 0 saturated carbocycles. The summed E-state index contributed by atoms with van der Waals surface area (Å²) in [6, 6.07) is 16.5. The summed E-state index contributed by atoms with van der Waals surface area (Å²) in [6.45, 7) is 0. The maximum atomic E-state index is 13.8. The van der Waals surface area contributed by atoms with Gasteiger partial charge in [-0.2, -0.15) is 0 Å². The highest BCUT2D eigenvalue weighted by molar-refractivity contribution is 6.08. The molecule has 148 valence electrons. The van der Waals surface area contributed by atoms with E-state index in [1.165, 1.54) is 0 Å². The van der Waals surface area contributed by atoms with Gasteiger partial charge in [-0.1, -0.05) is 24.3 Å². The molecule has 2 aromatic carbocycles. The van der Waals surface area contributed by atoms with Crippen molar-refractivity contribution in [2.75, 3.05) is 0 Å². The van der Waals surface area contributed by atoms with Crippen molar-refractivity contribution in [2.24, 2.45) is 0 Å². The Morgan fingerprint density at radius 2 is 1.50 bits per heavy atom. The maximum absolute atomic E-state index is 13.8. The zero-order valence-corrected chi connectivity index (χ0v) is 15.4. The Morgan fingerprint density at radius 3 is 2.23 bits per heavy atom. The van der Waals surface area contributed by atoms with Gasteiger partial charge in [0.2, 0.25) is 0 Å². The van der Waals surface area contributed by atoms with Gasteiger partial charge in [-0.25, -0.2) is 13.8 Å². The van der Waals surface area contributed by atoms with Crippen LogP contribution in [0.25, 0.3) is 22.3 Å². The van der Waals surface area contributed by atoms with Gasteiger partial charge >= 0.3 is 0 Å². The Morgan fingerprint density at radius 1 is 0.767 bits per heavy atom. The van der Waals surface area contributed by atoms with Crippen molar-refractivity contribution in [3.63, 3.8) is 0 Å². The summed E-state index contributed by atoms with van der Waals surface area (Å²) in [5.74, 6) is -3.38. The van der Waals surface area contributed by atoms with Crippen LogP contribution in [0, 0.1) is 11.6 Å². The van der Waals surface area contributed by atoms with Gasteiger partial charge in [-0.05, 0) is 36.4 Å². The van der Waals surface area contributed by atoms with E-state index in [1.54, 1.807) is 54.7 Å². The number of hydrogen-bond acceptors (Lipinski definition) is 4. The molecule has 30 heavy (non-hydrogen) atoms. The van der Waals surface area contributed by atoms with Gasteiger partial charge in [-0.3, -0.25) is 25.4 Å². The first-order valence-electron chi connectivity index (χ1n) is 8.90. The number of carbonyl (C=O) groups excluding carboxylic acids is 2. The van der Waals surface area contributed by atoms with Crippen molar-refractivity contribution < 1.29 is 18.4 Å². The van der Waals surface area contributed by atoms with E-state index < -0.39 is 29.0 Å². The average molecular weight is 404 g/mol. The smallest absolute Gasteiger partial charge is 0.267 e. The lowest BCUT2D eigenvalue weighted by atomic mass is 10.1. The Labute approximate surface area is 169 Å². The molecular weight excluding hydrogens is 390 g/mol. The van der Waals surface area contributed by atoms with Crippen LogP contribution in [0.5, 0.6) is 0 Å². The predicted octanol–water partition coefficient (Wildman–Crippen LogP) is 3.65. The van der Waals surface area contributed by atoms with Gasteiger partial charge in [0.15, 0.2) is 0 Å². The minimum Gasteiger partial charge on any atom is -0.267 e. The van der Waals surface area contributed by atoms with E-state index in [-0.39, 0.29) is 5.56 Å². The van der Waals surface area contributed by atoms with Crippen LogP contribution < -0.4 is 10.9 Å². The van der Waals surface area contributed by atoms with Crippen LogP contribution in [0.15, 0.2) is 72.9 Å². The molecular formula is C22H14F2N4O2. The third-order valence-electron chi connectivity index (χ3n) is 4.35. The molecule has 0 aliphatic carbocycles. The van der Waals surface area contributed by atoms with Crippen LogP contribution in [-0.4, -0.2) is 21.8 Å². The number of hydrazine groups is 1. The number of pyridine rings is 2. The lowest BCUT2D eigenvalue weighted by molar-refractivity contribution is 0.0845. The van der Waals surface area contributed by atoms with Gasteiger partial charge in [0.25, 0.3) is 11.8 Å². The lowest BCUT2D eigenvalue weighted by Gasteiger charge is -2.11. The topological polar surface area (TPSA) is 84.0 Å². The molecule has 6 nitrogen and oxygen atoms in total. The van der Waals surface area contributed by atoms with Gasteiger partial charge in [0.1, 0.15) is 11.6 Å². The van der Waals surface area contributed by atoms with E-state index in [1.807, 2.05) is 0 Å². The number of fused-ring (bicyclic) bond motifs is 1. The number of amides is 2. The number of nitrogens with zero attached hydrogens (tertiary/aromatic N) is 2. The normalized spacial score (nSPS) is 10.6. The number of halogens is 2. The number of para-hydroxylation sites is 1. The summed E-state index contributed by atoms with van der Waals surface area (Å²) < 4.78 is 26.8. The third kappa shape index (κ3) is 3.83. The quantitative estimate of drug-likeness (QED) is 0.511. The summed E-state index contributed by atoms with van der Waals surface area (Å²) in [6.07, 6.45) is 1.61. The Kier molecular flexibility index (Phi) is 5.13. The van der Waals surface area contributed by atoms with E-state index in [0.717, 1.165) is 12.1 Å². The van der Waals surface area contributed by atoms with E-state index in [9.17, 15) is 18.4 Å². The highest BCUT2D eigenvalue weighted by Gasteiger charge is 2.17. The van der Waals surface area contributed by atoms with Gasteiger partial charge in [-0.15, -0.1) is 0 Å². The molecule has 0 fully saturated rings. The van der Waals surface area contributed by atoms with Crippen molar-refractivity contribution in [1.82, 2.24) is 20.8 Å². The van der Waals surface area contributed by atoms with Gasteiger partial charge < -0.3 is 0 Å². The summed E-state index contributed by atoms with van der Waals surface area (Å²) in [7, 11) is 0. The first-order valence-corrected chi connectivity index (χ1v) is 8.90. The van der Waals surface area contributed by atoms with E-state index in [4.69, 9.17) is 0 Å². The number of nitrogens with one attached hydrogen (secondary N) is 2. The minimum absolute atomic E-state index is 0.251. The monoisotopic (exact) mass is 404 g/mol. The molecule has 4 aromatic rings. The molecule has 2 aromatic heterocycles. The second-order valence-electron chi connectivity index (χ2n) is 6.32. The fraction of sp³-hybridized carbons (Fsp3) is 0. The molecule has 0 saturated heterocycles. The summed E-state index contributed by atoms with van der Waals surface area (Å²) >= 11 is 0. The fourth-order valence-corrected chi connectivity index (χ4v) is 2.93. The predicted molar refractivity (Wildman–Crippen MR) is 106 cm³/mol. The average Bonchev–Trinajstić information content (AvgIpc) is 2.77. The summed E-state index contributed by atoms with van der Waals surface area (Å²) in [5.41, 5.74) is 5.89. The van der Waals surface area contributed by atoms with Crippen LogP contribution in [0.1, 0.15) is 20.7 Å². The van der Waals surface area contributed by atoms with E-state index in [0.29, 0.717) is 28.4 Å². The molecule has 0 spiro atoms. The molecule has 0 radical (unpaired) electrons. The van der Waals surface area contributed by atoms with Crippen LogP contribution >= 0.6 is 0 Å². The van der Waals surface area contributed by atoms with Crippen molar-refractivity contribution in [3.8, 4) is 11.4 Å². The fourth-order valence-electron chi connectivity index (χ4n) is 2.93. The minimum atomic E-state index is -1.03. The molecule has 0 atom stereocenters. The van der Waals surface area contributed by atoms with E-state index >= 15 is 0 Å². The number of carbonyl (C=O) groups is 2. The summed E-state index contributed by atoms with van der Waals surface area (Å²) in [5, 5.41) is 0.567. The Bertz CT molecular complexity index is 1260. The van der Waals surface area contributed by atoms with Crippen LogP contribution in [0.3, 0.4) is 0 Å². The molecule has 2 heterocycles. The molecule has 0 unspecified atom stereocenters. The molecule has 4 rings (SSSR count). The highest BCUT2D eigenvalue weighted by atomic mass is 19.1. The molecule has 2 N–H and O–H groups in total. The zero-order chi connectivity index (χ0) is 21.1. The zero-order valence-electron chi connectivity index (χ0n) is 15.4. The largest absolute Gasteiger partial charge is 0.272 e. The number of benzene rings is 2. The highest BCUT2D eigenvalue weighted by Crippen LogP contribution is 2.23. The molecule has 8 heteroatoms. The molecule has 2 amide bonds. The summed E-state index contributed by atoms with van der Waals surface area (Å²) in [4.78, 5) is 33.7. The second-order valence-corrected chi connectivity index (χ2v) is 6.32. The Hall–Kier alpha value is -4.20. The standard InChI is InChI=1S/C22H14F2N4O2/c23-13-8-9-15(17(24)11-13)21(29)27-28-22(30)16-12-20(19-7-3-4-10-25-19)26-18-6-2-1-5-14(16)18/h1-12H,(H,27,29)(H,28,30). The number of hydrogen-bond donors (Lipinski definition) is 2. The third-order valence-corrected chi connectivity index (χ3v) is 4.35. The number of rotatable bonds is 3. The SMILES string of the molecule is O=C(NNC(=O)c1cc(-c2ccccn2)nc2ccccc12)c1ccc(F)cc1F. The van der Waals surface area contributed by atoms with Gasteiger partial charge in [0, 0.05) is 17.6 Å². The molecule has 0 bridgehead atoms. The van der Waals surface area contributed by atoms with Gasteiger partial charge in [0.05, 0.1) is 28.0 Å². The second kappa shape index (κ2) is 8.04. The van der Waals surface area contributed by atoms with Crippen molar-refractivity contribution in [1.29, 1.82) is 0 Å². The lowest BCUT2D eigenvalue weighted by Crippen LogP contribution is -2.42. The van der Waals surface area contributed by atoms with Crippen molar-refractivity contribution >= 4 is 22.7 Å². The maximum Gasteiger partial charge on any atom is 0.272 e. The Balaban J connectivity index is 1.63. The van der Waals surface area contributed by atoms with Crippen LogP contribution in [-0.2, 0) is 0 Å². The van der Waals surface area contributed by atoms with E-state index in [2.05, 4.69) is 20.8 Å². The van der Waals surface area contributed by atoms with Crippen LogP contribution in [0.2, 0.25) is 0 Å². The van der Waals surface area contributed by atoms with Crippen molar-refractivity contribution in [3.05, 3.63) is 95.7 Å².